The van der Waals surface area contributed by atoms with Crippen LogP contribution >= 0.6 is 11.3 Å². The van der Waals surface area contributed by atoms with E-state index in [0.717, 1.165) is 31.2 Å². The van der Waals surface area contributed by atoms with Gasteiger partial charge in [0.05, 0.1) is 11.4 Å². The predicted molar refractivity (Wildman–Crippen MR) is 108 cm³/mol. The molecular formula is C18H30N4O3S2. The molecule has 27 heavy (non-hydrogen) atoms. The van der Waals surface area contributed by atoms with Gasteiger partial charge in [0.15, 0.2) is 5.13 Å². The van der Waals surface area contributed by atoms with Gasteiger partial charge in [0, 0.05) is 37.5 Å². The molecule has 3 rings (SSSR count). The number of piperidine rings is 2. The predicted octanol–water partition coefficient (Wildman–Crippen LogP) is 2.38. The summed E-state index contributed by atoms with van der Waals surface area (Å²) in [5.41, 5.74) is 1.01. The molecule has 9 heteroatoms. The largest absolute Gasteiger partial charge is 0.302 e. The first-order valence-electron chi connectivity index (χ1n) is 9.83. The highest BCUT2D eigenvalue weighted by molar-refractivity contribution is 7.89. The number of hydrogen-bond acceptors (Lipinski definition) is 6. The number of thiazole rings is 1. The average Bonchev–Trinajstić information content (AvgIpc) is 3.08. The Morgan fingerprint density at radius 3 is 2.70 bits per heavy atom. The van der Waals surface area contributed by atoms with Gasteiger partial charge in [-0.1, -0.05) is 6.92 Å². The Kier molecular flexibility index (Phi) is 6.88. The zero-order valence-corrected chi connectivity index (χ0v) is 17.8. The SMILES string of the molecule is CCS(=O)(=O)N1CCC(C(=O)Nc2nc(CN3CCCC(C)C3)cs2)CC1. The van der Waals surface area contributed by atoms with Crippen molar-refractivity contribution in [3.05, 3.63) is 11.1 Å². The van der Waals surface area contributed by atoms with Crippen LogP contribution in [0.3, 0.4) is 0 Å². The molecule has 0 spiro atoms. The maximum absolute atomic E-state index is 12.5. The van der Waals surface area contributed by atoms with Gasteiger partial charge >= 0.3 is 0 Å². The smallest absolute Gasteiger partial charge is 0.229 e. The van der Waals surface area contributed by atoms with Crippen LogP contribution in [0.2, 0.25) is 0 Å². The molecule has 0 radical (unpaired) electrons. The van der Waals surface area contributed by atoms with Crippen LogP contribution in [0, 0.1) is 11.8 Å². The van der Waals surface area contributed by atoms with Crippen LogP contribution < -0.4 is 5.32 Å². The first-order valence-corrected chi connectivity index (χ1v) is 12.3. The molecule has 0 bridgehead atoms. The number of amides is 1. The van der Waals surface area contributed by atoms with Gasteiger partial charge in [-0.3, -0.25) is 9.69 Å². The summed E-state index contributed by atoms with van der Waals surface area (Å²) >= 11 is 1.46. The Bertz CT molecular complexity index is 742. The molecular weight excluding hydrogens is 384 g/mol. The Hall–Kier alpha value is -1.03. The zero-order valence-electron chi connectivity index (χ0n) is 16.2. The third kappa shape index (κ3) is 5.49. The molecule has 1 aromatic rings. The summed E-state index contributed by atoms with van der Waals surface area (Å²) in [6, 6.07) is 0. The number of rotatable bonds is 6. The van der Waals surface area contributed by atoms with Gasteiger partial charge in [0.2, 0.25) is 15.9 Å². The minimum atomic E-state index is -3.16. The molecule has 0 saturated carbocycles. The van der Waals surface area contributed by atoms with Crippen molar-refractivity contribution in [2.45, 2.75) is 46.1 Å². The Morgan fingerprint density at radius 1 is 1.30 bits per heavy atom. The second-order valence-corrected chi connectivity index (χ2v) is 10.8. The third-order valence-electron chi connectivity index (χ3n) is 5.49. The number of anilines is 1. The van der Waals surface area contributed by atoms with Crippen molar-refractivity contribution < 1.29 is 13.2 Å². The van der Waals surface area contributed by atoms with E-state index in [1.165, 1.54) is 28.5 Å². The van der Waals surface area contributed by atoms with E-state index in [-0.39, 0.29) is 17.6 Å². The normalized spacial score (nSPS) is 23.4. The van der Waals surface area contributed by atoms with Crippen LogP contribution in [0.15, 0.2) is 5.38 Å². The van der Waals surface area contributed by atoms with E-state index in [2.05, 4.69) is 22.1 Å². The molecule has 1 aromatic heterocycles. The van der Waals surface area contributed by atoms with Crippen molar-refractivity contribution in [1.82, 2.24) is 14.2 Å². The Morgan fingerprint density at radius 2 is 2.04 bits per heavy atom. The minimum absolute atomic E-state index is 0.0453. The van der Waals surface area contributed by atoms with Crippen LogP contribution in [0.5, 0.6) is 0 Å². The van der Waals surface area contributed by atoms with Gasteiger partial charge < -0.3 is 5.32 Å². The minimum Gasteiger partial charge on any atom is -0.302 e. The number of hydrogen-bond donors (Lipinski definition) is 1. The van der Waals surface area contributed by atoms with E-state index < -0.39 is 10.0 Å². The molecule has 0 aliphatic carbocycles. The van der Waals surface area contributed by atoms with Crippen LogP contribution in [-0.4, -0.2) is 60.4 Å². The first-order chi connectivity index (χ1) is 12.9. The highest BCUT2D eigenvalue weighted by atomic mass is 32.2. The van der Waals surface area contributed by atoms with E-state index in [9.17, 15) is 13.2 Å². The molecule has 7 nitrogen and oxygen atoms in total. The Balaban J connectivity index is 1.48. The molecule has 152 valence electrons. The van der Waals surface area contributed by atoms with Gasteiger partial charge in [-0.15, -0.1) is 11.3 Å². The van der Waals surface area contributed by atoms with Gasteiger partial charge in [-0.05, 0) is 45.1 Å². The molecule has 2 fully saturated rings. The van der Waals surface area contributed by atoms with E-state index >= 15 is 0 Å². The molecule has 2 aliphatic rings. The average molecular weight is 415 g/mol. The summed E-state index contributed by atoms with van der Waals surface area (Å²) in [7, 11) is -3.16. The number of nitrogens with one attached hydrogen (secondary N) is 1. The maximum atomic E-state index is 12.5. The lowest BCUT2D eigenvalue weighted by Gasteiger charge is -2.30. The lowest BCUT2D eigenvalue weighted by molar-refractivity contribution is -0.120. The van der Waals surface area contributed by atoms with E-state index in [1.54, 1.807) is 6.92 Å². The second kappa shape index (κ2) is 8.98. The van der Waals surface area contributed by atoms with Gasteiger partial charge in [-0.2, -0.15) is 0 Å². The fraction of sp³-hybridized carbons (Fsp3) is 0.778. The second-order valence-electron chi connectivity index (χ2n) is 7.69. The molecule has 3 heterocycles. The quantitative estimate of drug-likeness (QED) is 0.773. The monoisotopic (exact) mass is 414 g/mol. The zero-order chi connectivity index (χ0) is 19.4. The fourth-order valence-electron chi connectivity index (χ4n) is 3.88. The Labute approximate surface area is 166 Å². The number of likely N-dealkylation sites (tertiary alicyclic amines) is 1. The van der Waals surface area contributed by atoms with Gasteiger partial charge in [-0.25, -0.2) is 17.7 Å². The number of carbonyl (C=O) groups is 1. The lowest BCUT2D eigenvalue weighted by Crippen LogP contribution is -2.42. The summed E-state index contributed by atoms with van der Waals surface area (Å²) in [6.07, 6.45) is 3.67. The summed E-state index contributed by atoms with van der Waals surface area (Å²) in [5.74, 6) is 0.653. The number of sulfonamides is 1. The van der Waals surface area contributed by atoms with Crippen LogP contribution in [-0.2, 0) is 21.4 Å². The van der Waals surface area contributed by atoms with E-state index in [1.807, 2.05) is 5.38 Å². The molecule has 1 amide bonds. The molecule has 0 aromatic carbocycles. The highest BCUT2D eigenvalue weighted by Gasteiger charge is 2.30. The van der Waals surface area contributed by atoms with E-state index in [0.29, 0.717) is 31.1 Å². The van der Waals surface area contributed by atoms with Crippen molar-refractivity contribution >= 4 is 32.4 Å². The summed E-state index contributed by atoms with van der Waals surface area (Å²) < 4.78 is 25.3. The standard InChI is InChI=1S/C18H30N4O3S2/c1-3-27(24,25)22-9-6-15(7-10-22)17(23)20-18-19-16(13-26-18)12-21-8-4-5-14(2)11-21/h13-15H,3-12H2,1-2H3,(H,19,20,23). The maximum Gasteiger partial charge on any atom is 0.229 e. The summed E-state index contributed by atoms with van der Waals surface area (Å²) in [6.45, 7) is 7.84. The van der Waals surface area contributed by atoms with Crippen molar-refractivity contribution in [3.63, 3.8) is 0 Å². The molecule has 1 unspecified atom stereocenters. The molecule has 2 saturated heterocycles. The summed E-state index contributed by atoms with van der Waals surface area (Å²) in [5, 5.41) is 5.59. The van der Waals surface area contributed by atoms with Gasteiger partial charge in [0.1, 0.15) is 0 Å². The summed E-state index contributed by atoms with van der Waals surface area (Å²) in [4.78, 5) is 19.5. The highest BCUT2D eigenvalue weighted by Crippen LogP contribution is 2.24. The molecule has 2 aliphatic heterocycles. The van der Waals surface area contributed by atoms with Crippen molar-refractivity contribution in [3.8, 4) is 0 Å². The van der Waals surface area contributed by atoms with E-state index in [4.69, 9.17) is 0 Å². The fourth-order valence-corrected chi connectivity index (χ4v) is 5.72. The molecule has 1 N–H and O–H groups in total. The van der Waals surface area contributed by atoms with Crippen molar-refractivity contribution in [2.75, 3.05) is 37.2 Å². The number of carbonyl (C=O) groups excluding carboxylic acids is 1. The third-order valence-corrected chi connectivity index (χ3v) is 8.18. The lowest BCUT2D eigenvalue weighted by atomic mass is 9.97. The number of aromatic nitrogens is 1. The van der Waals surface area contributed by atoms with Crippen LogP contribution in [0.25, 0.3) is 0 Å². The van der Waals surface area contributed by atoms with Gasteiger partial charge in [0.25, 0.3) is 0 Å². The molecule has 1 atom stereocenters. The van der Waals surface area contributed by atoms with Crippen molar-refractivity contribution in [1.29, 1.82) is 0 Å². The van der Waals surface area contributed by atoms with Crippen LogP contribution in [0.1, 0.15) is 45.2 Å². The first kappa shape index (κ1) is 20.7. The number of nitrogens with zero attached hydrogens (tertiary/aromatic N) is 3. The van der Waals surface area contributed by atoms with Crippen LogP contribution in [0.4, 0.5) is 5.13 Å². The topological polar surface area (TPSA) is 82.6 Å². The van der Waals surface area contributed by atoms with Crippen molar-refractivity contribution in [2.24, 2.45) is 11.8 Å².